The zero-order valence-electron chi connectivity index (χ0n) is 12.0. The van der Waals surface area contributed by atoms with Gasteiger partial charge in [0.1, 0.15) is 5.60 Å². The third-order valence-corrected chi connectivity index (χ3v) is 4.36. The summed E-state index contributed by atoms with van der Waals surface area (Å²) in [7, 11) is 0. The third-order valence-electron chi connectivity index (χ3n) is 4.36. The molecule has 1 aliphatic heterocycles. The standard InChI is InChI=1S/C16H17NO4/c1-10(18)21-16(2)8-12-13(16)15(20)17(14(12)19)9-11-6-4-3-5-7-11/h3-7,12-13H,8-9H2,1-2H3/t12-,13+,16-/m1/s1. The van der Waals surface area contributed by atoms with Crippen molar-refractivity contribution in [1.29, 1.82) is 0 Å². The second-order valence-electron chi connectivity index (χ2n) is 5.94. The first-order valence-electron chi connectivity index (χ1n) is 7.01. The minimum Gasteiger partial charge on any atom is -0.459 e. The van der Waals surface area contributed by atoms with Crippen LogP contribution in [0.15, 0.2) is 30.3 Å². The Bertz CT molecular complexity index is 612. The highest BCUT2D eigenvalue weighted by Crippen LogP contribution is 2.52. The van der Waals surface area contributed by atoms with Crippen molar-refractivity contribution in [3.63, 3.8) is 0 Å². The molecule has 2 aliphatic rings. The highest BCUT2D eigenvalue weighted by molar-refractivity contribution is 6.07. The molecule has 1 saturated heterocycles. The van der Waals surface area contributed by atoms with Crippen LogP contribution in [0.4, 0.5) is 0 Å². The zero-order valence-corrected chi connectivity index (χ0v) is 12.0. The molecule has 110 valence electrons. The van der Waals surface area contributed by atoms with Gasteiger partial charge in [-0.3, -0.25) is 19.3 Å². The van der Waals surface area contributed by atoms with E-state index >= 15 is 0 Å². The molecule has 5 nitrogen and oxygen atoms in total. The summed E-state index contributed by atoms with van der Waals surface area (Å²) in [4.78, 5) is 37.3. The smallest absolute Gasteiger partial charge is 0.303 e. The number of nitrogens with zero attached hydrogens (tertiary/aromatic N) is 1. The van der Waals surface area contributed by atoms with Gasteiger partial charge in [-0.15, -0.1) is 0 Å². The summed E-state index contributed by atoms with van der Waals surface area (Å²) in [6, 6.07) is 9.40. The van der Waals surface area contributed by atoms with Gasteiger partial charge >= 0.3 is 5.97 Å². The van der Waals surface area contributed by atoms with Crippen molar-refractivity contribution >= 4 is 17.8 Å². The maximum Gasteiger partial charge on any atom is 0.303 e. The molecule has 1 aromatic rings. The summed E-state index contributed by atoms with van der Waals surface area (Å²) in [5.74, 6) is -1.68. The zero-order chi connectivity index (χ0) is 15.2. The molecule has 0 unspecified atom stereocenters. The maximum atomic E-state index is 12.5. The molecule has 0 spiro atoms. The van der Waals surface area contributed by atoms with Gasteiger partial charge in [0.05, 0.1) is 18.4 Å². The fourth-order valence-corrected chi connectivity index (χ4v) is 3.44. The molecule has 5 heteroatoms. The van der Waals surface area contributed by atoms with E-state index in [2.05, 4.69) is 0 Å². The summed E-state index contributed by atoms with van der Waals surface area (Å²) in [5.41, 5.74) is 0.0731. The number of carbonyl (C=O) groups excluding carboxylic acids is 3. The van der Waals surface area contributed by atoms with Gasteiger partial charge in [0.2, 0.25) is 11.8 Å². The van der Waals surface area contributed by atoms with Crippen LogP contribution < -0.4 is 0 Å². The second-order valence-corrected chi connectivity index (χ2v) is 5.94. The molecule has 3 rings (SSSR count). The van der Waals surface area contributed by atoms with E-state index in [1.165, 1.54) is 11.8 Å². The average Bonchev–Trinajstić information content (AvgIpc) is 2.60. The first kappa shape index (κ1) is 13.8. The van der Waals surface area contributed by atoms with E-state index in [9.17, 15) is 14.4 Å². The van der Waals surface area contributed by atoms with Crippen molar-refractivity contribution in [2.45, 2.75) is 32.4 Å². The Kier molecular flexibility index (Phi) is 3.08. The molecule has 2 amide bonds. The summed E-state index contributed by atoms with van der Waals surface area (Å²) in [6.45, 7) is 3.33. The Hall–Kier alpha value is -2.17. The maximum absolute atomic E-state index is 12.5. The van der Waals surface area contributed by atoms with E-state index in [-0.39, 0.29) is 24.3 Å². The number of fused-ring (bicyclic) bond motifs is 1. The number of benzene rings is 1. The summed E-state index contributed by atoms with van der Waals surface area (Å²) >= 11 is 0. The molecule has 1 heterocycles. The second kappa shape index (κ2) is 4.69. The quantitative estimate of drug-likeness (QED) is 0.624. The predicted octanol–water partition coefficient (Wildman–Crippen LogP) is 1.51. The lowest BCUT2D eigenvalue weighted by atomic mass is 9.63. The van der Waals surface area contributed by atoms with E-state index in [1.807, 2.05) is 30.3 Å². The highest BCUT2D eigenvalue weighted by atomic mass is 16.6. The number of ether oxygens (including phenoxy) is 1. The number of likely N-dealkylation sites (tertiary alicyclic amines) is 1. The van der Waals surface area contributed by atoms with Crippen LogP contribution in [0.1, 0.15) is 25.8 Å². The highest BCUT2D eigenvalue weighted by Gasteiger charge is 2.66. The molecule has 2 fully saturated rings. The molecule has 21 heavy (non-hydrogen) atoms. The van der Waals surface area contributed by atoms with E-state index < -0.39 is 17.5 Å². The minimum absolute atomic E-state index is 0.154. The Morgan fingerprint density at radius 1 is 1.29 bits per heavy atom. The number of hydrogen-bond donors (Lipinski definition) is 0. The number of imide groups is 1. The van der Waals surface area contributed by atoms with E-state index in [1.54, 1.807) is 6.92 Å². The number of esters is 1. The fourth-order valence-electron chi connectivity index (χ4n) is 3.44. The SMILES string of the molecule is CC(=O)O[C@]1(C)C[C@H]2C(=O)N(Cc3ccccc3)C(=O)[C@H]21. The van der Waals surface area contributed by atoms with Gasteiger partial charge < -0.3 is 4.74 Å². The van der Waals surface area contributed by atoms with Gasteiger partial charge in [0, 0.05) is 13.3 Å². The number of carbonyl (C=O) groups is 3. The third kappa shape index (κ3) is 2.13. The summed E-state index contributed by atoms with van der Waals surface area (Å²) in [5, 5.41) is 0. The number of amides is 2. The molecule has 0 aromatic heterocycles. The van der Waals surface area contributed by atoms with Crippen LogP contribution in [0.5, 0.6) is 0 Å². The molecule has 0 N–H and O–H groups in total. The Morgan fingerprint density at radius 3 is 2.57 bits per heavy atom. The first-order chi connectivity index (χ1) is 9.92. The van der Waals surface area contributed by atoms with Gasteiger partial charge in [-0.2, -0.15) is 0 Å². The minimum atomic E-state index is -0.839. The molecular formula is C16H17NO4. The van der Waals surface area contributed by atoms with Crippen LogP contribution in [-0.2, 0) is 25.7 Å². The van der Waals surface area contributed by atoms with E-state index in [4.69, 9.17) is 4.74 Å². The molecule has 0 bridgehead atoms. The van der Waals surface area contributed by atoms with Crippen LogP contribution in [-0.4, -0.2) is 28.3 Å². The van der Waals surface area contributed by atoms with Crippen molar-refractivity contribution in [3.8, 4) is 0 Å². The van der Waals surface area contributed by atoms with E-state index in [0.717, 1.165) is 5.56 Å². The molecule has 3 atom stereocenters. The lowest BCUT2D eigenvalue weighted by molar-refractivity contribution is -0.186. The van der Waals surface area contributed by atoms with Gasteiger partial charge in [-0.05, 0) is 12.5 Å². The topological polar surface area (TPSA) is 63.7 Å². The van der Waals surface area contributed by atoms with Gasteiger partial charge in [-0.1, -0.05) is 30.3 Å². The monoisotopic (exact) mass is 287 g/mol. The van der Waals surface area contributed by atoms with Crippen LogP contribution in [0.3, 0.4) is 0 Å². The van der Waals surface area contributed by atoms with Crippen LogP contribution in [0.2, 0.25) is 0 Å². The van der Waals surface area contributed by atoms with Gasteiger partial charge in [0.25, 0.3) is 0 Å². The lowest BCUT2D eigenvalue weighted by Gasteiger charge is -2.45. The van der Waals surface area contributed by atoms with Crippen molar-refractivity contribution in [2.75, 3.05) is 0 Å². The summed E-state index contributed by atoms with van der Waals surface area (Å²) < 4.78 is 5.27. The van der Waals surface area contributed by atoms with Gasteiger partial charge in [-0.25, -0.2) is 0 Å². The molecule has 1 aliphatic carbocycles. The normalized spacial score (nSPS) is 30.9. The van der Waals surface area contributed by atoms with Crippen LogP contribution in [0.25, 0.3) is 0 Å². The fraction of sp³-hybridized carbons (Fsp3) is 0.438. The molecule has 1 aromatic carbocycles. The Morgan fingerprint density at radius 2 is 1.95 bits per heavy atom. The Balaban J connectivity index is 1.79. The van der Waals surface area contributed by atoms with Gasteiger partial charge in [0.15, 0.2) is 0 Å². The number of hydrogen-bond acceptors (Lipinski definition) is 4. The first-order valence-corrected chi connectivity index (χ1v) is 7.01. The lowest BCUT2D eigenvalue weighted by Crippen LogP contribution is -2.55. The van der Waals surface area contributed by atoms with Crippen molar-refractivity contribution in [2.24, 2.45) is 11.8 Å². The Labute approximate surface area is 122 Å². The van der Waals surface area contributed by atoms with Crippen LogP contribution >= 0.6 is 0 Å². The largest absolute Gasteiger partial charge is 0.459 e. The predicted molar refractivity (Wildman–Crippen MR) is 73.8 cm³/mol. The van der Waals surface area contributed by atoms with Crippen molar-refractivity contribution in [1.82, 2.24) is 4.90 Å². The van der Waals surface area contributed by atoms with Crippen molar-refractivity contribution in [3.05, 3.63) is 35.9 Å². The molecule has 1 saturated carbocycles. The van der Waals surface area contributed by atoms with E-state index in [0.29, 0.717) is 6.42 Å². The molecule has 0 radical (unpaired) electrons. The average molecular weight is 287 g/mol. The number of rotatable bonds is 3. The van der Waals surface area contributed by atoms with Crippen LogP contribution in [0, 0.1) is 11.8 Å². The molecular weight excluding hydrogens is 270 g/mol. The van der Waals surface area contributed by atoms with Crippen molar-refractivity contribution < 1.29 is 19.1 Å². The summed E-state index contributed by atoms with van der Waals surface area (Å²) in [6.07, 6.45) is 0.424.